The summed E-state index contributed by atoms with van der Waals surface area (Å²) >= 11 is 1.66. The number of para-hydroxylation sites is 1. The summed E-state index contributed by atoms with van der Waals surface area (Å²) in [6, 6.07) is 10.1. The summed E-state index contributed by atoms with van der Waals surface area (Å²) in [5.74, 6) is 0. The summed E-state index contributed by atoms with van der Waals surface area (Å²) in [5, 5.41) is 7.61. The number of hydrogen-bond acceptors (Lipinski definition) is 3. The number of aromatic nitrogens is 3. The van der Waals surface area contributed by atoms with Crippen LogP contribution in [0.2, 0.25) is 0 Å². The molecule has 0 aliphatic rings. The van der Waals surface area contributed by atoms with Gasteiger partial charge in [0.2, 0.25) is 0 Å². The molecular formula is C14H13N3S. The highest BCUT2D eigenvalue weighted by molar-refractivity contribution is 7.09. The summed E-state index contributed by atoms with van der Waals surface area (Å²) in [7, 11) is 0. The van der Waals surface area contributed by atoms with Crippen LogP contribution in [0, 0.1) is 13.8 Å². The zero-order valence-electron chi connectivity index (χ0n) is 10.3. The smallest absolute Gasteiger partial charge is 0.0901 e. The Morgan fingerprint density at radius 3 is 2.56 bits per heavy atom. The largest absolute Gasteiger partial charge is 0.241 e. The van der Waals surface area contributed by atoms with Gasteiger partial charge in [0.1, 0.15) is 0 Å². The van der Waals surface area contributed by atoms with Gasteiger partial charge in [0.15, 0.2) is 0 Å². The van der Waals surface area contributed by atoms with Crippen molar-refractivity contribution in [2.75, 3.05) is 0 Å². The van der Waals surface area contributed by atoms with Crippen LogP contribution >= 0.6 is 11.3 Å². The van der Waals surface area contributed by atoms with Gasteiger partial charge < -0.3 is 0 Å². The Morgan fingerprint density at radius 1 is 1.11 bits per heavy atom. The van der Waals surface area contributed by atoms with E-state index in [0.29, 0.717) is 0 Å². The van der Waals surface area contributed by atoms with Gasteiger partial charge in [0.05, 0.1) is 28.3 Å². The minimum absolute atomic E-state index is 1.01. The van der Waals surface area contributed by atoms with Crippen molar-refractivity contribution in [2.24, 2.45) is 0 Å². The van der Waals surface area contributed by atoms with Gasteiger partial charge >= 0.3 is 0 Å². The molecule has 3 aromatic rings. The second-order valence-corrected chi connectivity index (χ2v) is 5.20. The first kappa shape index (κ1) is 11.2. The normalized spacial score (nSPS) is 10.8. The van der Waals surface area contributed by atoms with Crippen molar-refractivity contribution < 1.29 is 0 Å². The molecule has 2 aromatic heterocycles. The van der Waals surface area contributed by atoms with Crippen LogP contribution in [0.1, 0.15) is 10.7 Å². The fourth-order valence-corrected chi connectivity index (χ4v) is 2.59. The average molecular weight is 255 g/mol. The Hall–Kier alpha value is -1.94. The molecule has 3 rings (SSSR count). The second-order valence-electron chi connectivity index (χ2n) is 4.14. The molecule has 0 amide bonds. The molecule has 3 nitrogen and oxygen atoms in total. The molecule has 0 N–H and O–H groups in total. The van der Waals surface area contributed by atoms with Crippen molar-refractivity contribution in [3.05, 3.63) is 52.6 Å². The van der Waals surface area contributed by atoms with E-state index in [0.717, 1.165) is 27.6 Å². The number of rotatable bonds is 2. The summed E-state index contributed by atoms with van der Waals surface area (Å²) in [4.78, 5) is 4.51. The highest BCUT2D eigenvalue weighted by Gasteiger charge is 2.11. The molecule has 0 aliphatic carbocycles. The van der Waals surface area contributed by atoms with E-state index >= 15 is 0 Å². The summed E-state index contributed by atoms with van der Waals surface area (Å²) < 4.78 is 1.95. The number of nitrogens with zero attached hydrogens (tertiary/aromatic N) is 3. The molecule has 0 unspecified atom stereocenters. The van der Waals surface area contributed by atoms with Crippen LogP contribution in [0.25, 0.3) is 16.9 Å². The average Bonchev–Trinajstić information content (AvgIpc) is 2.97. The number of thiazole rings is 1. The van der Waals surface area contributed by atoms with Crippen molar-refractivity contribution in [3.63, 3.8) is 0 Å². The molecule has 18 heavy (non-hydrogen) atoms. The third-order valence-electron chi connectivity index (χ3n) is 2.91. The summed E-state index contributed by atoms with van der Waals surface area (Å²) in [6.45, 7) is 4.09. The number of hydrogen-bond donors (Lipinski definition) is 0. The van der Waals surface area contributed by atoms with E-state index in [1.165, 1.54) is 0 Å². The molecular weight excluding hydrogens is 242 g/mol. The van der Waals surface area contributed by atoms with E-state index in [-0.39, 0.29) is 0 Å². The van der Waals surface area contributed by atoms with E-state index in [1.807, 2.05) is 36.0 Å². The van der Waals surface area contributed by atoms with Gasteiger partial charge in [0, 0.05) is 10.9 Å². The Balaban J connectivity index is 2.08. The molecule has 4 heteroatoms. The summed E-state index contributed by atoms with van der Waals surface area (Å²) in [6.07, 6.45) is 1.89. The minimum Gasteiger partial charge on any atom is -0.241 e. The zero-order chi connectivity index (χ0) is 12.5. The quantitative estimate of drug-likeness (QED) is 0.700. The number of benzene rings is 1. The van der Waals surface area contributed by atoms with Crippen molar-refractivity contribution in [1.29, 1.82) is 0 Å². The highest BCUT2D eigenvalue weighted by Crippen LogP contribution is 2.25. The van der Waals surface area contributed by atoms with E-state index < -0.39 is 0 Å². The van der Waals surface area contributed by atoms with Gasteiger partial charge in [0.25, 0.3) is 0 Å². The lowest BCUT2D eigenvalue weighted by Gasteiger charge is -2.04. The molecule has 1 aromatic carbocycles. The van der Waals surface area contributed by atoms with E-state index in [9.17, 15) is 0 Å². The lowest BCUT2D eigenvalue weighted by atomic mass is 10.2. The number of aryl methyl sites for hydroxylation is 1. The maximum atomic E-state index is 4.51. The van der Waals surface area contributed by atoms with E-state index in [1.54, 1.807) is 11.3 Å². The topological polar surface area (TPSA) is 30.7 Å². The van der Waals surface area contributed by atoms with Gasteiger partial charge in [-0.05, 0) is 26.0 Å². The predicted molar refractivity (Wildman–Crippen MR) is 74.1 cm³/mol. The monoisotopic (exact) mass is 255 g/mol. The highest BCUT2D eigenvalue weighted by atomic mass is 32.1. The Labute approximate surface area is 110 Å². The fourth-order valence-electron chi connectivity index (χ4n) is 1.98. The first-order valence-electron chi connectivity index (χ1n) is 5.78. The van der Waals surface area contributed by atoms with Crippen molar-refractivity contribution >= 4 is 11.3 Å². The third kappa shape index (κ3) is 1.84. The third-order valence-corrected chi connectivity index (χ3v) is 3.68. The molecule has 0 spiro atoms. The molecule has 0 saturated heterocycles. The maximum Gasteiger partial charge on any atom is 0.0901 e. The van der Waals surface area contributed by atoms with Gasteiger partial charge in [-0.15, -0.1) is 11.3 Å². The van der Waals surface area contributed by atoms with Crippen LogP contribution < -0.4 is 0 Å². The molecule has 0 aliphatic heterocycles. The van der Waals surface area contributed by atoms with Crippen LogP contribution in [-0.4, -0.2) is 14.8 Å². The molecule has 0 atom stereocenters. The lowest BCUT2D eigenvalue weighted by Crippen LogP contribution is -1.98. The predicted octanol–water partition coefficient (Wildman–Crippen LogP) is 3.61. The molecule has 0 fully saturated rings. The standard InChI is InChI=1S/C14H13N3S/c1-10-13(14-9-18-11(2)16-14)8-15-17(10)12-6-4-3-5-7-12/h3-9H,1-2H3. The van der Waals surface area contributed by atoms with Crippen molar-refractivity contribution in [3.8, 4) is 16.9 Å². The zero-order valence-corrected chi connectivity index (χ0v) is 11.1. The van der Waals surface area contributed by atoms with Crippen molar-refractivity contribution in [2.45, 2.75) is 13.8 Å². The molecule has 0 bridgehead atoms. The summed E-state index contributed by atoms with van der Waals surface area (Å²) in [5.41, 5.74) is 4.31. The first-order valence-corrected chi connectivity index (χ1v) is 6.66. The van der Waals surface area contributed by atoms with Crippen LogP contribution in [0.15, 0.2) is 41.9 Å². The van der Waals surface area contributed by atoms with Crippen molar-refractivity contribution in [1.82, 2.24) is 14.8 Å². The molecule has 90 valence electrons. The van der Waals surface area contributed by atoms with Crippen LogP contribution in [-0.2, 0) is 0 Å². The van der Waals surface area contributed by atoms with E-state index in [2.05, 4.69) is 34.5 Å². The second kappa shape index (κ2) is 4.38. The molecule has 2 heterocycles. The lowest BCUT2D eigenvalue weighted by molar-refractivity contribution is 0.847. The Bertz CT molecular complexity index is 667. The van der Waals surface area contributed by atoms with Gasteiger partial charge in [-0.2, -0.15) is 5.10 Å². The first-order chi connectivity index (χ1) is 8.75. The van der Waals surface area contributed by atoms with Gasteiger partial charge in [-0.3, -0.25) is 0 Å². The molecule has 0 radical (unpaired) electrons. The van der Waals surface area contributed by atoms with Crippen LogP contribution in [0.3, 0.4) is 0 Å². The SMILES string of the molecule is Cc1nc(-c2cnn(-c3ccccc3)c2C)cs1. The van der Waals surface area contributed by atoms with Crippen LogP contribution in [0.4, 0.5) is 0 Å². The van der Waals surface area contributed by atoms with Gasteiger partial charge in [-0.25, -0.2) is 9.67 Å². The Kier molecular flexibility index (Phi) is 2.72. The van der Waals surface area contributed by atoms with Gasteiger partial charge in [-0.1, -0.05) is 18.2 Å². The molecule has 0 saturated carbocycles. The van der Waals surface area contributed by atoms with E-state index in [4.69, 9.17) is 0 Å². The van der Waals surface area contributed by atoms with Crippen LogP contribution in [0.5, 0.6) is 0 Å². The fraction of sp³-hybridized carbons (Fsp3) is 0.143. The maximum absolute atomic E-state index is 4.51. The Morgan fingerprint density at radius 2 is 1.89 bits per heavy atom. The minimum atomic E-state index is 1.01.